The topological polar surface area (TPSA) is 77.0 Å². The molecule has 1 saturated heterocycles. The van der Waals surface area contributed by atoms with Crippen LogP contribution in [-0.2, 0) is 14.3 Å². The number of hydrogen-bond acceptors (Lipinski definition) is 6. The van der Waals surface area contributed by atoms with Gasteiger partial charge in [-0.25, -0.2) is 9.79 Å². The lowest BCUT2D eigenvalue weighted by molar-refractivity contribution is -0.145. The van der Waals surface area contributed by atoms with Gasteiger partial charge in [0.2, 0.25) is 0 Å². The Morgan fingerprint density at radius 1 is 1.21 bits per heavy atom. The Balaban J connectivity index is 1.79. The van der Waals surface area contributed by atoms with Gasteiger partial charge >= 0.3 is 5.97 Å². The van der Waals surface area contributed by atoms with E-state index in [0.717, 1.165) is 0 Å². The molecule has 1 amide bonds. The highest BCUT2D eigenvalue weighted by Gasteiger charge is 2.24. The molecule has 150 valence electrons. The van der Waals surface area contributed by atoms with Gasteiger partial charge in [0.15, 0.2) is 11.8 Å². The highest BCUT2D eigenvalue weighted by Crippen LogP contribution is 2.35. The van der Waals surface area contributed by atoms with Gasteiger partial charge in [-0.3, -0.25) is 4.79 Å². The predicted octanol–water partition coefficient (Wildman–Crippen LogP) is 4.83. The number of amidine groups is 1. The van der Waals surface area contributed by atoms with Crippen LogP contribution in [-0.4, -0.2) is 30.3 Å². The minimum absolute atomic E-state index is 0.215. The Morgan fingerprint density at radius 3 is 2.79 bits per heavy atom. The quantitative estimate of drug-likeness (QED) is 0.503. The summed E-state index contributed by atoms with van der Waals surface area (Å²) in [5, 5.41) is 3.77. The van der Waals surface area contributed by atoms with E-state index in [0.29, 0.717) is 37.1 Å². The fraction of sp³-hybridized carbons (Fsp3) is 0.150. The van der Waals surface area contributed by atoms with E-state index in [1.807, 2.05) is 6.07 Å². The van der Waals surface area contributed by atoms with Crippen molar-refractivity contribution in [3.63, 3.8) is 0 Å². The van der Waals surface area contributed by atoms with Crippen molar-refractivity contribution >= 4 is 63.8 Å². The van der Waals surface area contributed by atoms with E-state index < -0.39 is 5.97 Å². The fourth-order valence-corrected chi connectivity index (χ4v) is 3.54. The van der Waals surface area contributed by atoms with Gasteiger partial charge in [-0.05, 0) is 43.0 Å². The van der Waals surface area contributed by atoms with Crippen LogP contribution in [0.1, 0.15) is 12.5 Å². The summed E-state index contributed by atoms with van der Waals surface area (Å²) in [6.07, 6.45) is 1.67. The minimum atomic E-state index is -0.462. The lowest BCUT2D eigenvalue weighted by atomic mass is 10.2. The lowest BCUT2D eigenvalue weighted by Gasteiger charge is -2.08. The maximum Gasteiger partial charge on any atom is 0.344 e. The summed E-state index contributed by atoms with van der Waals surface area (Å²) >= 11 is 13.3. The summed E-state index contributed by atoms with van der Waals surface area (Å²) in [6, 6.07) is 12.2. The Hall–Kier alpha value is -2.48. The SMILES string of the molecule is CCOC(=O)COc1ccccc1/C=C1/SC(=Nc2cccc(Cl)c2Cl)NC1=O. The number of para-hydroxylation sites is 1. The first-order valence-corrected chi connectivity index (χ1v) is 10.2. The summed E-state index contributed by atoms with van der Waals surface area (Å²) in [5.41, 5.74) is 1.11. The molecule has 0 atom stereocenters. The normalized spacial score (nSPS) is 16.2. The van der Waals surface area contributed by atoms with Gasteiger partial charge in [-0.1, -0.05) is 47.5 Å². The van der Waals surface area contributed by atoms with Crippen LogP contribution >= 0.6 is 35.0 Å². The molecule has 1 fully saturated rings. The van der Waals surface area contributed by atoms with Crippen molar-refractivity contribution in [3.8, 4) is 5.75 Å². The molecular weight excluding hydrogens is 435 g/mol. The number of carbonyl (C=O) groups is 2. The number of carbonyl (C=O) groups excluding carboxylic acids is 2. The number of aliphatic imine (C=N–C) groups is 1. The molecule has 0 unspecified atom stereocenters. The maximum absolute atomic E-state index is 12.3. The Kier molecular flexibility index (Phi) is 7.19. The van der Waals surface area contributed by atoms with Crippen molar-refractivity contribution in [2.24, 2.45) is 4.99 Å². The van der Waals surface area contributed by atoms with Gasteiger partial charge < -0.3 is 14.8 Å². The first kappa shape index (κ1) is 21.2. The number of hydrogen-bond donors (Lipinski definition) is 1. The summed E-state index contributed by atoms with van der Waals surface area (Å²) in [5.74, 6) is -0.299. The van der Waals surface area contributed by atoms with Crippen LogP contribution in [0.5, 0.6) is 5.75 Å². The molecular formula is C20H16Cl2N2O4S. The van der Waals surface area contributed by atoms with Crippen LogP contribution in [0.2, 0.25) is 10.0 Å². The van der Waals surface area contributed by atoms with Crippen molar-refractivity contribution < 1.29 is 19.1 Å². The number of amides is 1. The number of nitrogens with zero attached hydrogens (tertiary/aromatic N) is 1. The van der Waals surface area contributed by atoms with Gasteiger partial charge in [0, 0.05) is 5.56 Å². The highest BCUT2D eigenvalue weighted by molar-refractivity contribution is 8.18. The third kappa shape index (κ3) is 5.53. The second kappa shape index (κ2) is 9.82. The zero-order chi connectivity index (χ0) is 20.8. The number of halogens is 2. The average molecular weight is 451 g/mol. The molecule has 2 aromatic rings. The molecule has 9 heteroatoms. The van der Waals surface area contributed by atoms with Crippen LogP contribution < -0.4 is 10.1 Å². The second-order valence-corrected chi connectivity index (χ2v) is 7.50. The summed E-state index contributed by atoms with van der Waals surface area (Å²) in [6.45, 7) is 1.79. The Labute approximate surface area is 181 Å². The molecule has 2 aromatic carbocycles. The van der Waals surface area contributed by atoms with Gasteiger partial charge in [0.05, 0.1) is 27.2 Å². The van der Waals surface area contributed by atoms with Crippen LogP contribution in [0.3, 0.4) is 0 Å². The number of esters is 1. The predicted molar refractivity (Wildman–Crippen MR) is 116 cm³/mol. The van der Waals surface area contributed by atoms with E-state index in [1.54, 1.807) is 49.4 Å². The zero-order valence-electron chi connectivity index (χ0n) is 15.3. The summed E-state index contributed by atoms with van der Waals surface area (Å²) in [7, 11) is 0. The Morgan fingerprint density at radius 2 is 2.00 bits per heavy atom. The van der Waals surface area contributed by atoms with Crippen molar-refractivity contribution in [2.75, 3.05) is 13.2 Å². The molecule has 1 aliphatic heterocycles. The van der Waals surface area contributed by atoms with E-state index in [1.165, 1.54) is 11.8 Å². The lowest BCUT2D eigenvalue weighted by Crippen LogP contribution is -2.19. The molecule has 3 rings (SSSR count). The zero-order valence-corrected chi connectivity index (χ0v) is 17.6. The largest absolute Gasteiger partial charge is 0.481 e. The number of ether oxygens (including phenoxy) is 2. The van der Waals surface area contributed by atoms with Crippen LogP contribution in [0, 0.1) is 0 Å². The van der Waals surface area contributed by atoms with Gasteiger partial charge in [-0.15, -0.1) is 0 Å². The van der Waals surface area contributed by atoms with E-state index in [4.69, 9.17) is 32.7 Å². The molecule has 1 N–H and O–H groups in total. The van der Waals surface area contributed by atoms with Gasteiger partial charge in [0.1, 0.15) is 5.75 Å². The van der Waals surface area contributed by atoms with Gasteiger partial charge in [-0.2, -0.15) is 0 Å². The smallest absolute Gasteiger partial charge is 0.344 e. The molecule has 0 aliphatic carbocycles. The first-order valence-electron chi connectivity index (χ1n) is 8.59. The molecule has 0 radical (unpaired) electrons. The van der Waals surface area contributed by atoms with E-state index >= 15 is 0 Å². The first-order chi connectivity index (χ1) is 14.0. The third-order valence-corrected chi connectivity index (χ3v) is 5.38. The maximum atomic E-state index is 12.3. The van der Waals surface area contributed by atoms with Crippen molar-refractivity contribution in [1.82, 2.24) is 5.32 Å². The number of thioether (sulfide) groups is 1. The second-order valence-electron chi connectivity index (χ2n) is 5.69. The Bertz CT molecular complexity index is 1010. The average Bonchev–Trinajstić information content (AvgIpc) is 3.04. The third-order valence-electron chi connectivity index (χ3n) is 3.66. The highest BCUT2D eigenvalue weighted by atomic mass is 35.5. The van der Waals surface area contributed by atoms with E-state index in [9.17, 15) is 9.59 Å². The summed E-state index contributed by atoms with van der Waals surface area (Å²) < 4.78 is 10.4. The molecule has 6 nitrogen and oxygen atoms in total. The molecule has 0 spiro atoms. The molecule has 1 aliphatic rings. The number of nitrogens with one attached hydrogen (secondary N) is 1. The van der Waals surface area contributed by atoms with E-state index in [-0.39, 0.29) is 19.1 Å². The molecule has 29 heavy (non-hydrogen) atoms. The minimum Gasteiger partial charge on any atom is -0.481 e. The monoisotopic (exact) mass is 450 g/mol. The molecule has 0 bridgehead atoms. The van der Waals surface area contributed by atoms with Crippen LogP contribution in [0.15, 0.2) is 52.4 Å². The number of benzene rings is 2. The number of rotatable bonds is 6. The van der Waals surface area contributed by atoms with E-state index in [2.05, 4.69) is 10.3 Å². The molecule has 0 saturated carbocycles. The van der Waals surface area contributed by atoms with Crippen molar-refractivity contribution in [1.29, 1.82) is 0 Å². The van der Waals surface area contributed by atoms with Crippen molar-refractivity contribution in [3.05, 3.63) is 63.0 Å². The van der Waals surface area contributed by atoms with Crippen LogP contribution in [0.4, 0.5) is 5.69 Å². The molecule has 0 aromatic heterocycles. The van der Waals surface area contributed by atoms with Crippen molar-refractivity contribution in [2.45, 2.75) is 6.92 Å². The molecule has 1 heterocycles. The fourth-order valence-electron chi connectivity index (χ4n) is 2.38. The van der Waals surface area contributed by atoms with Gasteiger partial charge in [0.25, 0.3) is 5.91 Å². The standard InChI is InChI=1S/C20H16Cl2N2O4S/c1-2-27-17(25)11-28-15-9-4-3-6-12(15)10-16-19(26)24-20(29-16)23-14-8-5-7-13(21)18(14)22/h3-10H,2,11H2,1H3,(H,23,24,26)/b16-10+. The van der Waals surface area contributed by atoms with Crippen LogP contribution in [0.25, 0.3) is 6.08 Å². The summed E-state index contributed by atoms with van der Waals surface area (Å²) in [4.78, 5) is 28.7.